The number of phenolic OH excluding ortho intramolecular Hbond substituents is 4. The van der Waals surface area contributed by atoms with Gasteiger partial charge in [0.1, 0.15) is 23.0 Å². The minimum Gasteiger partial charge on any atom is -0.507 e. The van der Waals surface area contributed by atoms with Crippen molar-refractivity contribution in [1.82, 2.24) is 0 Å². The molecule has 0 bridgehead atoms. The third kappa shape index (κ3) is 5.60. The Morgan fingerprint density at radius 1 is 0.393 bits per heavy atom. The normalized spacial score (nSPS) is 12.3. The zero-order chi connectivity index (χ0) is 40.2. The number of nitrogen functional groups attached to an aromatic ring is 4. The molecule has 9 rings (SSSR count). The van der Waals surface area contributed by atoms with E-state index in [4.69, 9.17) is 29.4 Å². The summed E-state index contributed by atoms with van der Waals surface area (Å²) < 4.78 is 0. The van der Waals surface area contributed by atoms with Crippen molar-refractivity contribution in [2.75, 3.05) is 22.9 Å². The number of aromatic hydroxyl groups is 4. The second-order valence-corrected chi connectivity index (χ2v) is 12.8. The maximum Gasteiger partial charge on any atom is 0.202 e. The van der Waals surface area contributed by atoms with Crippen molar-refractivity contribution in [2.24, 2.45) is 0 Å². The number of hydrogen-bond acceptors (Lipinski definition) is 12. The average molecular weight is 743 g/mol. The summed E-state index contributed by atoms with van der Waals surface area (Å²) in [7, 11) is 0. The van der Waals surface area contributed by atoms with Gasteiger partial charge < -0.3 is 43.4 Å². The number of hydrogen-bond donors (Lipinski definition) is 8. The van der Waals surface area contributed by atoms with E-state index in [9.17, 15) is 39.6 Å². The van der Waals surface area contributed by atoms with Crippen molar-refractivity contribution in [1.29, 1.82) is 0 Å². The van der Waals surface area contributed by atoms with Gasteiger partial charge in [-0.15, -0.1) is 6.42 Å². The predicted octanol–water partition coefficient (Wildman–Crippen LogP) is 6.05. The van der Waals surface area contributed by atoms with Crippen LogP contribution in [-0.4, -0.2) is 43.6 Å². The van der Waals surface area contributed by atoms with Gasteiger partial charge >= 0.3 is 0 Å². The molecular weight excluding hydrogens is 713 g/mol. The summed E-state index contributed by atoms with van der Waals surface area (Å²) in [6, 6.07) is 29.0. The molecule has 0 spiro atoms. The molecule has 0 aliphatic heterocycles. The molecule has 0 amide bonds. The van der Waals surface area contributed by atoms with E-state index < -0.39 is 23.1 Å². The van der Waals surface area contributed by atoms with Gasteiger partial charge in [0.15, 0.2) is 5.78 Å². The first-order valence-corrected chi connectivity index (χ1v) is 16.8. The Kier molecular flexibility index (Phi) is 8.76. The molecule has 0 saturated heterocycles. The fourth-order valence-corrected chi connectivity index (χ4v) is 7.00. The highest BCUT2D eigenvalue weighted by molar-refractivity contribution is 6.34. The van der Waals surface area contributed by atoms with Gasteiger partial charge in [-0.1, -0.05) is 54.5 Å². The van der Waals surface area contributed by atoms with Gasteiger partial charge in [0, 0.05) is 28.3 Å². The number of ketones is 4. The molecule has 12 heteroatoms. The lowest BCUT2D eigenvalue weighted by Crippen LogP contribution is -2.24. The number of carbonyl (C=O) groups excluding carboxylic acids is 4. The third-order valence-corrected chi connectivity index (χ3v) is 9.60. The lowest BCUT2D eigenvalue weighted by Gasteiger charge is -2.21. The van der Waals surface area contributed by atoms with Crippen LogP contribution in [0.15, 0.2) is 103 Å². The zero-order valence-corrected chi connectivity index (χ0v) is 29.1. The minimum absolute atomic E-state index is 0.0589. The molecule has 12 N–H and O–H groups in total. The van der Waals surface area contributed by atoms with E-state index in [1.165, 1.54) is 64.7 Å². The Bertz CT molecular complexity index is 2550. The highest BCUT2D eigenvalue weighted by Gasteiger charge is 2.38. The molecule has 56 heavy (non-hydrogen) atoms. The van der Waals surface area contributed by atoms with E-state index >= 15 is 0 Å². The number of phenols is 4. The molecule has 0 unspecified atom stereocenters. The van der Waals surface area contributed by atoms with Crippen molar-refractivity contribution >= 4 is 67.4 Å². The molecule has 0 aromatic heterocycles. The van der Waals surface area contributed by atoms with Crippen molar-refractivity contribution in [3.63, 3.8) is 0 Å². The maximum absolute atomic E-state index is 12.5. The molecule has 7 aromatic rings. The Morgan fingerprint density at radius 3 is 1.07 bits per heavy atom. The molecule has 0 saturated carbocycles. The second kappa shape index (κ2) is 13.6. The van der Waals surface area contributed by atoms with Crippen molar-refractivity contribution < 1.29 is 39.6 Å². The van der Waals surface area contributed by atoms with Gasteiger partial charge in [0.05, 0.1) is 44.5 Å². The quantitative estimate of drug-likeness (QED) is 0.0383. The number of terminal acetylenes is 1. The number of rotatable bonds is 0. The molecule has 12 nitrogen and oxygen atoms in total. The van der Waals surface area contributed by atoms with Gasteiger partial charge in [0.25, 0.3) is 0 Å². The summed E-state index contributed by atoms with van der Waals surface area (Å²) in [6.07, 6.45) is 5.56. The topological polar surface area (TPSA) is 253 Å². The Morgan fingerprint density at radius 2 is 0.696 bits per heavy atom. The molecule has 2 aliphatic carbocycles. The lowest BCUT2D eigenvalue weighted by atomic mass is 9.81. The van der Waals surface area contributed by atoms with Crippen LogP contribution in [0.5, 0.6) is 23.0 Å². The Hall–Kier alpha value is -8.30. The molecular formula is C44H30N4O8. The summed E-state index contributed by atoms with van der Waals surface area (Å²) in [5, 5.41) is 44.1. The maximum atomic E-state index is 12.5. The molecule has 7 aromatic carbocycles. The van der Waals surface area contributed by atoms with Crippen LogP contribution in [0, 0.1) is 12.3 Å². The molecule has 2 aliphatic rings. The highest BCUT2D eigenvalue weighted by Crippen LogP contribution is 2.42. The second-order valence-electron chi connectivity index (χ2n) is 12.8. The molecule has 0 fully saturated rings. The van der Waals surface area contributed by atoms with E-state index in [0.717, 1.165) is 10.9 Å². The van der Waals surface area contributed by atoms with E-state index in [1.54, 1.807) is 0 Å². The summed E-state index contributed by atoms with van der Waals surface area (Å²) in [5.74, 6) is -1.18. The average Bonchev–Trinajstić information content (AvgIpc) is 3.19. The van der Waals surface area contributed by atoms with Crippen LogP contribution in [0.4, 0.5) is 22.7 Å². The van der Waals surface area contributed by atoms with Crippen molar-refractivity contribution in [3.8, 4) is 35.3 Å². The first-order chi connectivity index (χ1) is 26.8. The van der Waals surface area contributed by atoms with Crippen molar-refractivity contribution in [2.45, 2.75) is 0 Å². The first kappa shape index (κ1) is 36.1. The van der Waals surface area contributed by atoms with Crippen LogP contribution >= 0.6 is 0 Å². The minimum atomic E-state index is -0.677. The van der Waals surface area contributed by atoms with Crippen LogP contribution in [-0.2, 0) is 0 Å². The number of carbonyl (C=O) groups is 4. The molecule has 0 radical (unpaired) electrons. The van der Waals surface area contributed by atoms with E-state index in [0.29, 0.717) is 0 Å². The van der Waals surface area contributed by atoms with Crippen LogP contribution in [0.2, 0.25) is 0 Å². The highest BCUT2D eigenvalue weighted by atomic mass is 16.3. The predicted molar refractivity (Wildman–Crippen MR) is 213 cm³/mol. The largest absolute Gasteiger partial charge is 0.507 e. The van der Waals surface area contributed by atoms with Gasteiger partial charge in [0.2, 0.25) is 17.3 Å². The Balaban J connectivity index is 0.000000130. The molecule has 0 heterocycles. The van der Waals surface area contributed by atoms with Crippen LogP contribution < -0.4 is 22.9 Å². The van der Waals surface area contributed by atoms with Crippen LogP contribution in [0.3, 0.4) is 0 Å². The number of anilines is 4. The molecule has 274 valence electrons. The van der Waals surface area contributed by atoms with E-state index in [1.807, 2.05) is 12.1 Å². The SMILES string of the molecule is C#Cc1cc2ccccc2c2ccccc12.Nc1ccc(O)c2c1C(=O)c1c(N)ccc(O)c1C2=O.Nc1ccc(O)c2c1C(=O)c1c(O)ccc(N)c1C2=O. The number of fused-ring (bicyclic) bond motifs is 7. The van der Waals surface area contributed by atoms with Gasteiger partial charge in [-0.25, -0.2) is 0 Å². The van der Waals surface area contributed by atoms with Crippen LogP contribution in [0.1, 0.15) is 69.2 Å². The summed E-state index contributed by atoms with van der Waals surface area (Å²) >= 11 is 0. The Labute approximate surface area is 317 Å². The summed E-state index contributed by atoms with van der Waals surface area (Å²) in [6.45, 7) is 0. The van der Waals surface area contributed by atoms with Crippen molar-refractivity contribution in [3.05, 3.63) is 153 Å². The van der Waals surface area contributed by atoms with E-state index in [-0.39, 0.29) is 90.3 Å². The third-order valence-electron chi connectivity index (χ3n) is 9.60. The zero-order valence-electron chi connectivity index (χ0n) is 29.1. The smallest absolute Gasteiger partial charge is 0.202 e. The molecule has 0 atom stereocenters. The first-order valence-electron chi connectivity index (χ1n) is 16.8. The fraction of sp³-hybridized carbons (Fsp3) is 0. The number of benzene rings is 7. The van der Waals surface area contributed by atoms with Gasteiger partial charge in [-0.2, -0.15) is 0 Å². The summed E-state index contributed by atoms with van der Waals surface area (Å²) in [4.78, 5) is 49.8. The van der Waals surface area contributed by atoms with Crippen LogP contribution in [0.25, 0.3) is 21.5 Å². The standard InChI is InChI=1S/C16H10.2C14H10N2O4/c1-2-12-11-13-7-3-4-9-15(13)16-10-6-5-8-14(12)16;15-5-1-3-7(17)11-9(5)13(19)12-8(18)4-2-6(16)10(12)14(11)20;15-5-1-3-7(17)11-9(5)13(19)10-6(16)2-4-8(18)12(10)14(11)20/h1,3-11H;2*1-4,17-18H,15-16H2. The summed E-state index contributed by atoms with van der Waals surface area (Å²) in [5.41, 5.74) is 22.9. The monoisotopic (exact) mass is 742 g/mol. The van der Waals surface area contributed by atoms with Gasteiger partial charge in [-0.3, -0.25) is 19.2 Å². The van der Waals surface area contributed by atoms with Gasteiger partial charge in [-0.05, 0) is 76.1 Å². The fourth-order valence-electron chi connectivity index (χ4n) is 7.00. The number of nitrogens with two attached hydrogens (primary N) is 4. The lowest BCUT2D eigenvalue weighted by molar-refractivity contribution is 0.0975. The van der Waals surface area contributed by atoms with E-state index in [2.05, 4.69) is 48.4 Å².